The molecular weight excluding hydrogens is 202 g/mol. The van der Waals surface area contributed by atoms with E-state index in [0.717, 1.165) is 25.1 Å². The van der Waals surface area contributed by atoms with E-state index in [-0.39, 0.29) is 12.7 Å². The van der Waals surface area contributed by atoms with Gasteiger partial charge in [-0.2, -0.15) is 0 Å². The Morgan fingerprint density at radius 1 is 1.19 bits per heavy atom. The van der Waals surface area contributed by atoms with E-state index in [1.54, 1.807) is 0 Å². The van der Waals surface area contributed by atoms with Gasteiger partial charge in [-0.05, 0) is 38.5 Å². The highest BCUT2D eigenvalue weighted by atomic mass is 16.5. The number of hydrogen-bond acceptors (Lipinski definition) is 3. The van der Waals surface area contributed by atoms with Crippen LogP contribution in [-0.4, -0.2) is 48.0 Å². The Kier molecular flexibility index (Phi) is 4.22. The van der Waals surface area contributed by atoms with Crippen LogP contribution in [0.3, 0.4) is 0 Å². The molecule has 1 heterocycles. The number of aliphatic hydroxyl groups is 1. The molecule has 1 saturated carbocycles. The lowest BCUT2D eigenvalue weighted by Gasteiger charge is -2.44. The van der Waals surface area contributed by atoms with Crippen molar-refractivity contribution in [3.63, 3.8) is 0 Å². The zero-order valence-electron chi connectivity index (χ0n) is 10.6. The van der Waals surface area contributed by atoms with Crippen LogP contribution >= 0.6 is 0 Å². The van der Waals surface area contributed by atoms with Crippen LogP contribution in [0.1, 0.15) is 39.5 Å². The largest absolute Gasteiger partial charge is 0.394 e. The fraction of sp³-hybridized carbons (Fsp3) is 1.00. The van der Waals surface area contributed by atoms with Gasteiger partial charge in [-0.1, -0.05) is 6.92 Å². The molecule has 0 aromatic rings. The highest BCUT2D eigenvalue weighted by molar-refractivity contribution is 4.85. The average Bonchev–Trinajstić information content (AvgIpc) is 2.31. The molecule has 0 aromatic carbocycles. The van der Waals surface area contributed by atoms with Gasteiger partial charge in [0.25, 0.3) is 0 Å². The molecule has 2 aliphatic rings. The molecule has 2 unspecified atom stereocenters. The Bertz CT molecular complexity index is 214. The minimum atomic E-state index is 0.0375. The van der Waals surface area contributed by atoms with Crippen LogP contribution in [0.4, 0.5) is 0 Å². The van der Waals surface area contributed by atoms with E-state index in [2.05, 4.69) is 18.7 Å². The van der Waals surface area contributed by atoms with E-state index in [9.17, 15) is 5.11 Å². The van der Waals surface area contributed by atoms with Crippen LogP contribution in [0.5, 0.6) is 0 Å². The molecule has 0 bridgehead atoms. The first kappa shape index (κ1) is 12.3. The van der Waals surface area contributed by atoms with Crippen molar-refractivity contribution in [1.82, 2.24) is 4.90 Å². The molecule has 1 saturated heterocycles. The fourth-order valence-electron chi connectivity index (χ4n) is 3.03. The van der Waals surface area contributed by atoms with Gasteiger partial charge in [-0.25, -0.2) is 0 Å². The second kappa shape index (κ2) is 5.48. The molecule has 0 aromatic heterocycles. The van der Waals surface area contributed by atoms with Crippen LogP contribution < -0.4 is 0 Å². The molecule has 0 spiro atoms. The van der Waals surface area contributed by atoms with Crippen molar-refractivity contribution in [3.8, 4) is 0 Å². The molecule has 1 aliphatic carbocycles. The summed E-state index contributed by atoms with van der Waals surface area (Å²) in [5.74, 6) is 0.904. The Morgan fingerprint density at radius 3 is 2.50 bits per heavy atom. The minimum absolute atomic E-state index is 0.0375. The maximum atomic E-state index is 9.18. The summed E-state index contributed by atoms with van der Waals surface area (Å²) in [5, 5.41) is 9.18. The third-order valence-corrected chi connectivity index (χ3v) is 4.21. The van der Waals surface area contributed by atoms with Gasteiger partial charge in [-0.15, -0.1) is 0 Å². The molecule has 1 N–H and O–H groups in total. The van der Waals surface area contributed by atoms with Crippen LogP contribution in [-0.2, 0) is 4.74 Å². The Hall–Kier alpha value is -0.120. The van der Waals surface area contributed by atoms with Gasteiger partial charge < -0.3 is 9.84 Å². The van der Waals surface area contributed by atoms with E-state index in [4.69, 9.17) is 4.74 Å². The van der Waals surface area contributed by atoms with Crippen molar-refractivity contribution >= 4 is 0 Å². The molecule has 3 nitrogen and oxygen atoms in total. The number of hydrogen-bond donors (Lipinski definition) is 1. The fourth-order valence-corrected chi connectivity index (χ4v) is 3.03. The van der Waals surface area contributed by atoms with Gasteiger partial charge in [0.1, 0.15) is 0 Å². The first-order valence-corrected chi connectivity index (χ1v) is 6.69. The van der Waals surface area contributed by atoms with E-state index in [1.807, 2.05) is 0 Å². The Morgan fingerprint density at radius 2 is 1.88 bits per heavy atom. The number of ether oxygens (including phenoxy) is 1. The number of rotatable bonds is 2. The monoisotopic (exact) mass is 227 g/mol. The lowest BCUT2D eigenvalue weighted by molar-refractivity contribution is -0.0960. The van der Waals surface area contributed by atoms with Gasteiger partial charge in [-0.3, -0.25) is 4.90 Å². The maximum absolute atomic E-state index is 9.18. The minimum Gasteiger partial charge on any atom is -0.394 e. The summed E-state index contributed by atoms with van der Waals surface area (Å²) in [5.41, 5.74) is 0. The summed E-state index contributed by atoms with van der Waals surface area (Å²) in [6, 6.07) is 1.24. The predicted molar refractivity (Wildman–Crippen MR) is 64.4 cm³/mol. The highest BCUT2D eigenvalue weighted by Gasteiger charge is 2.32. The normalized spacial score (nSPS) is 42.2. The van der Waals surface area contributed by atoms with Gasteiger partial charge in [0.2, 0.25) is 0 Å². The molecule has 3 heteroatoms. The van der Waals surface area contributed by atoms with Crippen molar-refractivity contribution in [3.05, 3.63) is 0 Å². The molecule has 0 radical (unpaired) electrons. The number of morpholine rings is 1. The molecular formula is C13H25NO2. The van der Waals surface area contributed by atoms with Crippen molar-refractivity contribution in [2.45, 2.75) is 57.7 Å². The van der Waals surface area contributed by atoms with Crippen molar-refractivity contribution in [1.29, 1.82) is 0 Å². The van der Waals surface area contributed by atoms with E-state index >= 15 is 0 Å². The summed E-state index contributed by atoms with van der Waals surface area (Å²) < 4.78 is 5.59. The molecule has 16 heavy (non-hydrogen) atoms. The van der Waals surface area contributed by atoms with E-state index in [1.165, 1.54) is 25.7 Å². The Balaban J connectivity index is 1.90. The summed E-state index contributed by atoms with van der Waals surface area (Å²) in [6.45, 7) is 6.45. The SMILES string of the molecule is CC1CCC(N2CC(CO)OCC2C)CC1. The first-order chi connectivity index (χ1) is 7.70. The van der Waals surface area contributed by atoms with Gasteiger partial charge >= 0.3 is 0 Å². The number of aliphatic hydroxyl groups excluding tert-OH is 1. The molecule has 2 atom stereocenters. The second-order valence-electron chi connectivity index (χ2n) is 5.60. The lowest BCUT2D eigenvalue weighted by atomic mass is 9.86. The summed E-state index contributed by atoms with van der Waals surface area (Å²) >= 11 is 0. The second-order valence-corrected chi connectivity index (χ2v) is 5.60. The van der Waals surface area contributed by atoms with E-state index in [0.29, 0.717) is 6.04 Å². The summed E-state index contributed by atoms with van der Waals surface area (Å²) in [4.78, 5) is 2.57. The molecule has 94 valence electrons. The molecule has 2 rings (SSSR count). The van der Waals surface area contributed by atoms with Gasteiger partial charge in [0.15, 0.2) is 0 Å². The Labute approximate surface area is 98.8 Å². The van der Waals surface area contributed by atoms with Crippen molar-refractivity contribution < 1.29 is 9.84 Å². The van der Waals surface area contributed by atoms with Gasteiger partial charge in [0, 0.05) is 18.6 Å². The highest BCUT2D eigenvalue weighted by Crippen LogP contribution is 2.29. The van der Waals surface area contributed by atoms with Crippen LogP contribution in [0.25, 0.3) is 0 Å². The lowest BCUT2D eigenvalue weighted by Crippen LogP contribution is -2.54. The predicted octanol–water partition coefficient (Wildman–Crippen LogP) is 1.65. The van der Waals surface area contributed by atoms with Crippen molar-refractivity contribution in [2.24, 2.45) is 5.92 Å². The summed E-state index contributed by atoms with van der Waals surface area (Å²) in [7, 11) is 0. The third kappa shape index (κ3) is 2.76. The topological polar surface area (TPSA) is 32.7 Å². The first-order valence-electron chi connectivity index (χ1n) is 6.69. The standard InChI is InChI=1S/C13H25NO2/c1-10-3-5-12(6-4-10)14-7-13(8-15)16-9-11(14)2/h10-13,15H,3-9H2,1-2H3. The van der Waals surface area contributed by atoms with Crippen LogP contribution in [0, 0.1) is 5.92 Å². The zero-order valence-corrected chi connectivity index (χ0v) is 10.6. The van der Waals surface area contributed by atoms with Gasteiger partial charge in [0.05, 0.1) is 19.3 Å². The molecule has 2 fully saturated rings. The smallest absolute Gasteiger partial charge is 0.0933 e. The molecule has 1 aliphatic heterocycles. The molecule has 0 amide bonds. The quantitative estimate of drug-likeness (QED) is 0.778. The van der Waals surface area contributed by atoms with Crippen molar-refractivity contribution in [2.75, 3.05) is 19.8 Å². The third-order valence-electron chi connectivity index (χ3n) is 4.21. The van der Waals surface area contributed by atoms with Crippen LogP contribution in [0.15, 0.2) is 0 Å². The average molecular weight is 227 g/mol. The summed E-state index contributed by atoms with van der Waals surface area (Å²) in [6.07, 6.45) is 5.40. The maximum Gasteiger partial charge on any atom is 0.0933 e. The van der Waals surface area contributed by atoms with Crippen LogP contribution in [0.2, 0.25) is 0 Å². The zero-order chi connectivity index (χ0) is 11.5. The van der Waals surface area contributed by atoms with E-state index < -0.39 is 0 Å². The number of nitrogens with zero attached hydrogens (tertiary/aromatic N) is 1.